The number of nitriles is 1. The molecule has 0 aliphatic carbocycles. The van der Waals surface area contributed by atoms with Gasteiger partial charge in [0, 0.05) is 23.3 Å². The van der Waals surface area contributed by atoms with Crippen molar-refractivity contribution >= 4 is 23.0 Å². The smallest absolute Gasteiger partial charge is 0.348 e. The number of hydrogen-bond donors (Lipinski definition) is 1. The number of nitrogens with zero attached hydrogens (tertiary/aromatic N) is 3. The van der Waals surface area contributed by atoms with E-state index in [2.05, 4.69) is 11.1 Å². The number of carbonyl (C=O) groups is 1. The summed E-state index contributed by atoms with van der Waals surface area (Å²) in [4.78, 5) is 26.6. The SMILES string of the molecule is N#Cc1cc(-c2nc(-c3ccc([N+](=O)[O-])cc3)c(C(=O)O)s2)ccc1OCc1ccccc1. The summed E-state index contributed by atoms with van der Waals surface area (Å²) in [5, 5.41) is 30.5. The second kappa shape index (κ2) is 9.30. The molecule has 0 spiro atoms. The van der Waals surface area contributed by atoms with Crippen LogP contribution in [0.3, 0.4) is 0 Å². The number of rotatable bonds is 7. The first-order valence-electron chi connectivity index (χ1n) is 9.66. The maximum atomic E-state index is 11.8. The maximum Gasteiger partial charge on any atom is 0.348 e. The summed E-state index contributed by atoms with van der Waals surface area (Å²) in [6.45, 7) is 0.305. The summed E-state index contributed by atoms with van der Waals surface area (Å²) < 4.78 is 5.78. The highest BCUT2D eigenvalue weighted by Gasteiger charge is 2.21. The Balaban J connectivity index is 1.66. The minimum absolute atomic E-state index is 0.00163. The summed E-state index contributed by atoms with van der Waals surface area (Å²) in [5.41, 5.74) is 2.39. The standard InChI is InChI=1S/C24H15N3O5S/c25-13-18-12-17(8-11-20(18)32-14-15-4-2-1-3-5-15)23-26-21(22(33-23)24(28)29)16-6-9-19(10-7-16)27(30)31/h1-12H,14H2,(H,28,29). The van der Waals surface area contributed by atoms with Crippen LogP contribution >= 0.6 is 11.3 Å². The van der Waals surface area contributed by atoms with Crippen molar-refractivity contribution in [3.63, 3.8) is 0 Å². The van der Waals surface area contributed by atoms with Crippen LogP contribution in [-0.4, -0.2) is 21.0 Å². The molecule has 0 unspecified atom stereocenters. The van der Waals surface area contributed by atoms with E-state index < -0.39 is 10.9 Å². The summed E-state index contributed by atoms with van der Waals surface area (Å²) in [7, 11) is 0. The minimum atomic E-state index is -1.16. The molecule has 1 heterocycles. The number of hydrogen-bond acceptors (Lipinski definition) is 7. The summed E-state index contributed by atoms with van der Waals surface area (Å²) in [6, 6.07) is 22.1. The van der Waals surface area contributed by atoms with Crippen LogP contribution < -0.4 is 4.74 Å². The van der Waals surface area contributed by atoms with Gasteiger partial charge in [-0.2, -0.15) is 5.26 Å². The topological polar surface area (TPSA) is 126 Å². The van der Waals surface area contributed by atoms with E-state index in [9.17, 15) is 25.3 Å². The molecule has 1 N–H and O–H groups in total. The molecule has 0 radical (unpaired) electrons. The van der Waals surface area contributed by atoms with Crippen molar-refractivity contribution in [3.05, 3.63) is 98.9 Å². The van der Waals surface area contributed by atoms with E-state index in [1.807, 2.05) is 30.3 Å². The van der Waals surface area contributed by atoms with Gasteiger partial charge in [0.1, 0.15) is 28.3 Å². The van der Waals surface area contributed by atoms with Crippen LogP contribution in [0.15, 0.2) is 72.8 Å². The van der Waals surface area contributed by atoms with Gasteiger partial charge in [0.15, 0.2) is 0 Å². The number of carboxylic acid groups (broad SMARTS) is 1. The number of carboxylic acids is 1. The Labute approximate surface area is 192 Å². The highest BCUT2D eigenvalue weighted by molar-refractivity contribution is 7.17. The van der Waals surface area contributed by atoms with Crippen LogP contribution in [0.25, 0.3) is 21.8 Å². The fourth-order valence-corrected chi connectivity index (χ4v) is 4.06. The molecule has 0 amide bonds. The molecule has 0 atom stereocenters. The fraction of sp³-hybridized carbons (Fsp3) is 0.0417. The van der Waals surface area contributed by atoms with Gasteiger partial charge in [0.25, 0.3) is 5.69 Å². The Kier molecular flexibility index (Phi) is 6.11. The Hall–Kier alpha value is -4.55. The van der Waals surface area contributed by atoms with Crippen molar-refractivity contribution in [2.24, 2.45) is 0 Å². The lowest BCUT2D eigenvalue weighted by Gasteiger charge is -2.09. The maximum absolute atomic E-state index is 11.8. The predicted octanol–water partition coefficient (Wildman–Crippen LogP) is 5.53. The average molecular weight is 457 g/mol. The number of thiazole rings is 1. The first-order chi connectivity index (χ1) is 16.0. The van der Waals surface area contributed by atoms with Crippen LogP contribution in [0.5, 0.6) is 5.75 Å². The first-order valence-corrected chi connectivity index (χ1v) is 10.5. The normalized spacial score (nSPS) is 10.4. The third-order valence-corrected chi connectivity index (χ3v) is 5.85. The molecule has 33 heavy (non-hydrogen) atoms. The van der Waals surface area contributed by atoms with Crippen LogP contribution in [-0.2, 0) is 6.61 Å². The predicted molar refractivity (Wildman–Crippen MR) is 122 cm³/mol. The second-order valence-corrected chi connectivity index (χ2v) is 7.90. The molecule has 0 saturated carbocycles. The number of nitro benzene ring substituents is 1. The van der Waals surface area contributed by atoms with Crippen molar-refractivity contribution in [1.29, 1.82) is 5.26 Å². The van der Waals surface area contributed by atoms with Gasteiger partial charge in [-0.1, -0.05) is 30.3 Å². The summed E-state index contributed by atoms with van der Waals surface area (Å²) in [6.07, 6.45) is 0. The lowest BCUT2D eigenvalue weighted by Crippen LogP contribution is -1.97. The van der Waals surface area contributed by atoms with Gasteiger partial charge in [0.05, 0.1) is 16.2 Å². The van der Waals surface area contributed by atoms with Gasteiger partial charge in [-0.05, 0) is 35.9 Å². The van der Waals surface area contributed by atoms with Gasteiger partial charge in [-0.3, -0.25) is 10.1 Å². The van der Waals surface area contributed by atoms with E-state index in [4.69, 9.17) is 4.74 Å². The van der Waals surface area contributed by atoms with Crippen molar-refractivity contribution in [3.8, 4) is 33.6 Å². The highest BCUT2D eigenvalue weighted by Crippen LogP contribution is 2.36. The molecule has 4 aromatic rings. The van der Waals surface area contributed by atoms with E-state index >= 15 is 0 Å². The Morgan fingerprint density at radius 3 is 2.42 bits per heavy atom. The zero-order valence-electron chi connectivity index (χ0n) is 17.0. The molecule has 0 saturated heterocycles. The monoisotopic (exact) mass is 457 g/mol. The Bertz CT molecular complexity index is 1380. The van der Waals surface area contributed by atoms with Gasteiger partial charge in [0.2, 0.25) is 0 Å². The van der Waals surface area contributed by atoms with Crippen LogP contribution in [0.2, 0.25) is 0 Å². The third-order valence-electron chi connectivity index (χ3n) is 4.76. The van der Waals surface area contributed by atoms with Gasteiger partial charge in [-0.15, -0.1) is 11.3 Å². The lowest BCUT2D eigenvalue weighted by molar-refractivity contribution is -0.384. The van der Waals surface area contributed by atoms with Crippen LogP contribution in [0.1, 0.15) is 20.8 Å². The van der Waals surface area contributed by atoms with Crippen LogP contribution in [0, 0.1) is 21.4 Å². The van der Waals surface area contributed by atoms with Crippen molar-refractivity contribution in [1.82, 2.24) is 4.98 Å². The molecule has 162 valence electrons. The molecule has 4 rings (SSSR count). The van der Waals surface area contributed by atoms with Gasteiger partial charge < -0.3 is 9.84 Å². The van der Waals surface area contributed by atoms with Crippen molar-refractivity contribution in [2.45, 2.75) is 6.61 Å². The third kappa shape index (κ3) is 4.71. The minimum Gasteiger partial charge on any atom is -0.488 e. The van der Waals surface area contributed by atoms with E-state index in [0.29, 0.717) is 34.1 Å². The molecule has 0 fully saturated rings. The first kappa shape index (κ1) is 21.7. The number of nitro groups is 1. The molecule has 0 aliphatic heterocycles. The second-order valence-electron chi connectivity index (χ2n) is 6.90. The van der Waals surface area contributed by atoms with E-state index in [-0.39, 0.29) is 16.3 Å². The van der Waals surface area contributed by atoms with E-state index in [1.165, 1.54) is 24.3 Å². The molecule has 3 aromatic carbocycles. The van der Waals surface area contributed by atoms with E-state index in [1.54, 1.807) is 18.2 Å². The van der Waals surface area contributed by atoms with Crippen molar-refractivity contribution < 1.29 is 19.6 Å². The molecule has 8 nitrogen and oxygen atoms in total. The number of benzene rings is 3. The summed E-state index contributed by atoms with van der Waals surface area (Å²) >= 11 is 0.967. The number of aromatic nitrogens is 1. The molecular formula is C24H15N3O5S. The zero-order chi connectivity index (χ0) is 23.4. The number of ether oxygens (including phenoxy) is 1. The van der Waals surface area contributed by atoms with Gasteiger partial charge >= 0.3 is 5.97 Å². The average Bonchev–Trinajstić information content (AvgIpc) is 3.29. The molecule has 0 bridgehead atoms. The summed E-state index contributed by atoms with van der Waals surface area (Å²) in [5.74, 6) is -0.744. The quantitative estimate of drug-likeness (QED) is 0.285. The molecule has 1 aromatic heterocycles. The molecule has 9 heteroatoms. The molecular weight excluding hydrogens is 442 g/mol. The van der Waals surface area contributed by atoms with E-state index in [0.717, 1.165) is 16.9 Å². The number of aromatic carboxylic acids is 1. The lowest BCUT2D eigenvalue weighted by atomic mass is 10.1. The Morgan fingerprint density at radius 1 is 1.09 bits per heavy atom. The zero-order valence-corrected chi connectivity index (χ0v) is 17.8. The largest absolute Gasteiger partial charge is 0.488 e. The molecule has 0 aliphatic rings. The highest BCUT2D eigenvalue weighted by atomic mass is 32.1. The fourth-order valence-electron chi connectivity index (χ4n) is 3.14. The van der Waals surface area contributed by atoms with Crippen LogP contribution in [0.4, 0.5) is 5.69 Å². The van der Waals surface area contributed by atoms with Gasteiger partial charge in [-0.25, -0.2) is 9.78 Å². The Morgan fingerprint density at radius 2 is 1.79 bits per heavy atom. The van der Waals surface area contributed by atoms with Crippen molar-refractivity contribution in [2.75, 3.05) is 0 Å². The number of non-ortho nitro benzene ring substituents is 1.